The molecule has 0 saturated heterocycles. The van der Waals surface area contributed by atoms with Crippen molar-refractivity contribution < 1.29 is 19.8 Å². The van der Waals surface area contributed by atoms with E-state index >= 15 is 0 Å². The molecule has 0 aromatic heterocycles. The SMILES string of the molecule is O=C(O)c1c([SiH3])c(-c2ccccc2)c(C(=O)O)c(-c2ccccc2)c1-c1ccccc1. The summed E-state index contributed by atoms with van der Waals surface area (Å²) in [5.74, 6) is -2.14. The van der Waals surface area contributed by atoms with Crippen LogP contribution in [-0.4, -0.2) is 32.4 Å². The van der Waals surface area contributed by atoms with E-state index in [4.69, 9.17) is 0 Å². The first-order valence-corrected chi connectivity index (χ1v) is 10.8. The van der Waals surface area contributed by atoms with E-state index < -0.39 is 11.9 Å². The van der Waals surface area contributed by atoms with Crippen molar-refractivity contribution in [3.8, 4) is 33.4 Å². The Morgan fingerprint density at radius 1 is 0.516 bits per heavy atom. The smallest absolute Gasteiger partial charge is 0.336 e. The Kier molecular flexibility index (Phi) is 5.52. The van der Waals surface area contributed by atoms with Crippen LogP contribution in [0.4, 0.5) is 0 Å². The molecule has 0 unspecified atom stereocenters. The van der Waals surface area contributed by atoms with Gasteiger partial charge in [-0.1, -0.05) is 91.0 Å². The lowest BCUT2D eigenvalue weighted by Gasteiger charge is -2.23. The molecule has 0 heterocycles. The molecule has 4 nitrogen and oxygen atoms in total. The van der Waals surface area contributed by atoms with Crippen LogP contribution in [0.25, 0.3) is 33.4 Å². The number of hydrogen-bond donors (Lipinski definition) is 2. The van der Waals surface area contributed by atoms with E-state index in [1.54, 1.807) is 0 Å². The predicted octanol–water partition coefficient (Wildman–Crippen LogP) is 4.07. The van der Waals surface area contributed by atoms with Crippen molar-refractivity contribution in [2.45, 2.75) is 0 Å². The van der Waals surface area contributed by atoms with Gasteiger partial charge in [-0.2, -0.15) is 0 Å². The third-order valence-electron chi connectivity index (χ3n) is 5.37. The first-order chi connectivity index (χ1) is 15.0. The molecule has 0 saturated carbocycles. The molecule has 0 amide bonds. The predicted molar refractivity (Wildman–Crippen MR) is 126 cm³/mol. The van der Waals surface area contributed by atoms with Gasteiger partial charge in [0.15, 0.2) is 0 Å². The minimum atomic E-state index is -1.08. The average molecular weight is 425 g/mol. The van der Waals surface area contributed by atoms with Gasteiger partial charge in [-0.25, -0.2) is 9.59 Å². The number of carboxylic acids is 2. The summed E-state index contributed by atoms with van der Waals surface area (Å²) in [6.45, 7) is 0. The molecule has 0 bridgehead atoms. The number of hydrogen-bond acceptors (Lipinski definition) is 2. The Morgan fingerprint density at radius 2 is 0.839 bits per heavy atom. The van der Waals surface area contributed by atoms with Gasteiger partial charge in [0.1, 0.15) is 0 Å². The Morgan fingerprint density at radius 3 is 1.19 bits per heavy atom. The van der Waals surface area contributed by atoms with Crippen LogP contribution >= 0.6 is 0 Å². The van der Waals surface area contributed by atoms with E-state index in [0.717, 1.165) is 0 Å². The Labute approximate surface area is 182 Å². The Hall–Kier alpha value is -3.96. The monoisotopic (exact) mass is 424 g/mol. The topological polar surface area (TPSA) is 74.6 Å². The van der Waals surface area contributed by atoms with Crippen molar-refractivity contribution >= 4 is 27.4 Å². The summed E-state index contributed by atoms with van der Waals surface area (Å²) in [7, 11) is 0.370. The fourth-order valence-corrected chi connectivity index (χ4v) is 5.11. The average Bonchev–Trinajstić information content (AvgIpc) is 2.79. The lowest BCUT2D eigenvalue weighted by Crippen LogP contribution is -2.24. The van der Waals surface area contributed by atoms with Crippen molar-refractivity contribution in [1.29, 1.82) is 0 Å². The summed E-state index contributed by atoms with van der Waals surface area (Å²) in [5.41, 5.74) is 3.70. The van der Waals surface area contributed by atoms with E-state index in [2.05, 4.69) is 0 Å². The van der Waals surface area contributed by atoms with Crippen molar-refractivity contribution in [3.63, 3.8) is 0 Å². The molecule has 4 aromatic rings. The molecule has 0 aliphatic heterocycles. The molecule has 4 rings (SSSR count). The highest BCUT2D eigenvalue weighted by molar-refractivity contribution is 6.42. The van der Waals surface area contributed by atoms with E-state index in [1.807, 2.05) is 91.0 Å². The van der Waals surface area contributed by atoms with Gasteiger partial charge in [0.05, 0.1) is 11.1 Å². The molecule has 0 radical (unpaired) electrons. The van der Waals surface area contributed by atoms with Gasteiger partial charge in [0, 0.05) is 21.4 Å². The molecule has 0 spiro atoms. The molecule has 0 fully saturated rings. The summed E-state index contributed by atoms with van der Waals surface area (Å²) in [5, 5.41) is 21.2. The van der Waals surface area contributed by atoms with Crippen LogP contribution in [0.15, 0.2) is 91.0 Å². The maximum absolute atomic E-state index is 12.7. The molecule has 0 atom stereocenters. The van der Waals surface area contributed by atoms with Gasteiger partial charge < -0.3 is 10.2 Å². The van der Waals surface area contributed by atoms with Crippen molar-refractivity contribution in [3.05, 3.63) is 102 Å². The van der Waals surface area contributed by atoms with Gasteiger partial charge >= 0.3 is 11.9 Å². The lowest BCUT2D eigenvalue weighted by molar-refractivity contribution is 0.0684. The normalized spacial score (nSPS) is 10.7. The summed E-state index contributed by atoms with van der Waals surface area (Å²) in [4.78, 5) is 25.2. The van der Waals surface area contributed by atoms with Gasteiger partial charge in [-0.3, -0.25) is 0 Å². The molecule has 2 N–H and O–H groups in total. The van der Waals surface area contributed by atoms with Crippen molar-refractivity contribution in [2.75, 3.05) is 0 Å². The van der Waals surface area contributed by atoms with Crippen LogP contribution in [0.3, 0.4) is 0 Å². The first-order valence-electron chi connectivity index (χ1n) is 9.84. The van der Waals surface area contributed by atoms with E-state index in [0.29, 0.717) is 48.8 Å². The number of rotatable bonds is 5. The largest absolute Gasteiger partial charge is 0.478 e. The van der Waals surface area contributed by atoms with Crippen LogP contribution in [0.5, 0.6) is 0 Å². The maximum atomic E-state index is 12.7. The maximum Gasteiger partial charge on any atom is 0.336 e. The van der Waals surface area contributed by atoms with Crippen LogP contribution < -0.4 is 5.19 Å². The van der Waals surface area contributed by atoms with Crippen LogP contribution in [0.1, 0.15) is 20.7 Å². The zero-order valence-electron chi connectivity index (χ0n) is 16.9. The van der Waals surface area contributed by atoms with Crippen molar-refractivity contribution in [2.24, 2.45) is 0 Å². The molecule has 0 aliphatic rings. The Bertz CT molecular complexity index is 1270. The van der Waals surface area contributed by atoms with Crippen LogP contribution in [0, 0.1) is 0 Å². The number of aromatic carboxylic acids is 2. The second-order valence-corrected chi connectivity index (χ2v) is 8.21. The molecule has 4 aromatic carbocycles. The van der Waals surface area contributed by atoms with E-state index in [1.165, 1.54) is 0 Å². The summed E-state index contributed by atoms with van der Waals surface area (Å²) in [6, 6.07) is 27.5. The zero-order valence-corrected chi connectivity index (χ0v) is 18.9. The first kappa shape index (κ1) is 20.3. The quantitative estimate of drug-likeness (QED) is 0.474. The molecule has 0 aliphatic carbocycles. The van der Waals surface area contributed by atoms with E-state index in [-0.39, 0.29) is 11.1 Å². The Balaban J connectivity index is 2.28. The fourth-order valence-electron chi connectivity index (χ4n) is 4.11. The summed E-state index contributed by atoms with van der Waals surface area (Å²) >= 11 is 0. The van der Waals surface area contributed by atoms with Gasteiger partial charge in [0.2, 0.25) is 0 Å². The zero-order chi connectivity index (χ0) is 22.0. The van der Waals surface area contributed by atoms with Gasteiger partial charge in [-0.05, 0) is 27.4 Å². The third-order valence-corrected chi connectivity index (χ3v) is 6.37. The lowest BCUT2D eigenvalue weighted by atomic mass is 9.82. The minimum Gasteiger partial charge on any atom is -0.478 e. The highest BCUT2D eigenvalue weighted by atomic mass is 28.1. The third kappa shape index (κ3) is 3.67. The molecular weight excluding hydrogens is 404 g/mol. The van der Waals surface area contributed by atoms with Gasteiger partial charge in [-0.15, -0.1) is 0 Å². The number of benzene rings is 4. The molecular formula is C26H20O4Si. The van der Waals surface area contributed by atoms with Crippen molar-refractivity contribution in [1.82, 2.24) is 0 Å². The fraction of sp³-hybridized carbons (Fsp3) is 0. The summed E-state index contributed by atoms with van der Waals surface area (Å²) < 4.78 is 0. The second-order valence-electron chi connectivity index (χ2n) is 7.21. The standard InChI is InChI=1S/C26H20O4Si/c27-25(28)22-19(16-10-4-1-5-11-16)20(17-12-6-2-7-13-17)23(26(29)30)24(31)21(22)18-14-8-3-9-15-18/h1-15H,31H3,(H,27,28)(H,29,30). The molecule has 5 heteroatoms. The van der Waals surface area contributed by atoms with E-state index in [9.17, 15) is 19.8 Å². The van der Waals surface area contributed by atoms with Crippen LogP contribution in [-0.2, 0) is 0 Å². The number of carboxylic acid groups (broad SMARTS) is 2. The van der Waals surface area contributed by atoms with Crippen LogP contribution in [0.2, 0.25) is 0 Å². The highest BCUT2D eigenvalue weighted by Gasteiger charge is 2.30. The molecule has 152 valence electrons. The van der Waals surface area contributed by atoms with Gasteiger partial charge in [0.25, 0.3) is 0 Å². The highest BCUT2D eigenvalue weighted by Crippen LogP contribution is 2.41. The summed E-state index contributed by atoms with van der Waals surface area (Å²) in [6.07, 6.45) is 0. The second kappa shape index (κ2) is 8.42. The minimum absolute atomic E-state index is 0.131. The number of carbonyl (C=O) groups is 2. The molecule has 31 heavy (non-hydrogen) atoms.